The Hall–Kier alpha value is -4.01. The molecule has 0 unspecified atom stereocenters. The van der Waals surface area contributed by atoms with Gasteiger partial charge < -0.3 is 30.0 Å². The second-order valence-electron chi connectivity index (χ2n) is 15.6. The van der Waals surface area contributed by atoms with Crippen LogP contribution in [0.4, 0.5) is 18.0 Å². The van der Waals surface area contributed by atoms with Crippen molar-refractivity contribution in [3.63, 3.8) is 0 Å². The molecule has 0 aliphatic carbocycles. The van der Waals surface area contributed by atoms with Gasteiger partial charge in [-0.15, -0.1) is 13.2 Å². The number of piperidine rings is 1. The Balaban J connectivity index is 1.10. The highest BCUT2D eigenvalue weighted by molar-refractivity contribution is 6.36. The molecule has 0 spiro atoms. The van der Waals surface area contributed by atoms with Gasteiger partial charge in [0.05, 0.1) is 5.54 Å². The highest BCUT2D eigenvalue weighted by atomic mass is 35.5. The summed E-state index contributed by atoms with van der Waals surface area (Å²) in [6, 6.07) is 17.8. The van der Waals surface area contributed by atoms with E-state index in [0.29, 0.717) is 62.0 Å². The third kappa shape index (κ3) is 10.7. The van der Waals surface area contributed by atoms with Crippen molar-refractivity contribution in [3.8, 4) is 16.9 Å². The molecular formula is C41H49Cl2F3N6O4. The van der Waals surface area contributed by atoms with Crippen LogP contribution in [0.2, 0.25) is 10.0 Å². The standard InChI is InChI=1S/C41H49Cl2F3N6O4/c1-39(2,3)56-38(54)51-18-14-40(47,15-19-51)37(53)48-16-5-17-52-27-32(29-9-11-30(12-10-29)55-41(44,45)46)31-24-28(8-13-36(31)52)25-49-20-22-50(23-21-49)26-33-34(42)6-4-7-35(33)43/h4,6-13,24,27H,5,14-23,25-26,47H2,1-3H3,(H,48,53). The molecule has 2 amide bonds. The first-order valence-electron chi connectivity index (χ1n) is 18.9. The maximum absolute atomic E-state index is 13.2. The van der Waals surface area contributed by atoms with E-state index in [2.05, 4.69) is 42.6 Å². The number of piperazine rings is 1. The Morgan fingerprint density at radius 2 is 1.50 bits per heavy atom. The van der Waals surface area contributed by atoms with Crippen LogP contribution in [0.15, 0.2) is 66.9 Å². The van der Waals surface area contributed by atoms with Crippen molar-refractivity contribution in [3.05, 3.63) is 88.0 Å². The second kappa shape index (κ2) is 17.2. The number of nitrogens with two attached hydrogens (primary N) is 1. The molecule has 2 fully saturated rings. The number of fused-ring (bicyclic) bond motifs is 1. The minimum atomic E-state index is -4.78. The lowest BCUT2D eigenvalue weighted by molar-refractivity contribution is -0.274. The summed E-state index contributed by atoms with van der Waals surface area (Å²) in [5.74, 6) is -0.538. The first kappa shape index (κ1) is 41.6. The molecule has 0 atom stereocenters. The fraction of sp³-hybridized carbons (Fsp3) is 0.463. The minimum Gasteiger partial charge on any atom is -0.444 e. The van der Waals surface area contributed by atoms with Gasteiger partial charge >= 0.3 is 12.5 Å². The van der Waals surface area contributed by atoms with Crippen LogP contribution in [0.5, 0.6) is 5.75 Å². The van der Waals surface area contributed by atoms with Gasteiger partial charge in [0.15, 0.2) is 0 Å². The highest BCUT2D eigenvalue weighted by Crippen LogP contribution is 2.34. The molecule has 56 heavy (non-hydrogen) atoms. The van der Waals surface area contributed by atoms with Crippen LogP contribution in [0, 0.1) is 0 Å². The lowest BCUT2D eigenvalue weighted by atomic mass is 9.88. The predicted molar refractivity (Wildman–Crippen MR) is 213 cm³/mol. The van der Waals surface area contributed by atoms with Gasteiger partial charge in [-0.05, 0) is 87.6 Å². The number of benzene rings is 3. The number of ether oxygens (including phenoxy) is 2. The van der Waals surface area contributed by atoms with Gasteiger partial charge in [-0.25, -0.2) is 4.79 Å². The molecule has 4 aromatic rings. The Kier molecular flexibility index (Phi) is 12.8. The molecule has 1 aromatic heterocycles. The smallest absolute Gasteiger partial charge is 0.444 e. The molecule has 2 aliphatic heterocycles. The molecule has 2 aliphatic rings. The molecule has 3 heterocycles. The van der Waals surface area contributed by atoms with Crippen molar-refractivity contribution in [2.45, 2.75) is 77.2 Å². The molecule has 3 aromatic carbocycles. The molecule has 15 heteroatoms. The largest absolute Gasteiger partial charge is 0.573 e. The zero-order chi connectivity index (χ0) is 40.3. The van der Waals surface area contributed by atoms with E-state index in [4.69, 9.17) is 33.7 Å². The normalized spacial score (nSPS) is 16.9. The van der Waals surface area contributed by atoms with Gasteiger partial charge in [-0.2, -0.15) is 0 Å². The summed E-state index contributed by atoms with van der Waals surface area (Å²) in [7, 11) is 0. The molecule has 2 saturated heterocycles. The van der Waals surface area contributed by atoms with E-state index in [0.717, 1.165) is 65.9 Å². The number of hydrogen-bond acceptors (Lipinski definition) is 7. The molecule has 302 valence electrons. The lowest BCUT2D eigenvalue weighted by Gasteiger charge is -2.38. The zero-order valence-electron chi connectivity index (χ0n) is 31.9. The van der Waals surface area contributed by atoms with E-state index in [1.165, 1.54) is 12.1 Å². The van der Waals surface area contributed by atoms with Gasteiger partial charge in [0.2, 0.25) is 5.91 Å². The number of nitrogens with zero attached hydrogens (tertiary/aromatic N) is 4. The topological polar surface area (TPSA) is 105 Å². The van der Waals surface area contributed by atoms with Crippen LogP contribution in [-0.2, 0) is 29.2 Å². The fourth-order valence-corrected chi connectivity index (χ4v) is 7.75. The van der Waals surface area contributed by atoms with Gasteiger partial charge in [-0.1, -0.05) is 47.5 Å². The van der Waals surface area contributed by atoms with Crippen LogP contribution < -0.4 is 15.8 Å². The van der Waals surface area contributed by atoms with E-state index in [9.17, 15) is 22.8 Å². The van der Waals surface area contributed by atoms with Crippen molar-refractivity contribution >= 4 is 46.1 Å². The third-order valence-corrected chi connectivity index (χ3v) is 11.0. The first-order valence-corrected chi connectivity index (χ1v) is 19.6. The monoisotopic (exact) mass is 816 g/mol. The lowest BCUT2D eigenvalue weighted by Crippen LogP contribution is -2.60. The summed E-state index contributed by atoms with van der Waals surface area (Å²) in [6.45, 7) is 11.9. The molecular weight excluding hydrogens is 768 g/mol. The summed E-state index contributed by atoms with van der Waals surface area (Å²) in [6.07, 6.45) is -1.93. The average molecular weight is 818 g/mol. The number of aromatic nitrogens is 1. The summed E-state index contributed by atoms with van der Waals surface area (Å²) in [5, 5.41) is 5.30. The molecule has 6 rings (SSSR count). The van der Waals surface area contributed by atoms with E-state index in [-0.39, 0.29) is 11.7 Å². The van der Waals surface area contributed by atoms with E-state index >= 15 is 0 Å². The second-order valence-corrected chi connectivity index (χ2v) is 16.5. The quantitative estimate of drug-likeness (QED) is 0.148. The first-order chi connectivity index (χ1) is 26.5. The number of likely N-dealkylation sites (tertiary alicyclic amines) is 1. The number of nitrogens with one attached hydrogen (secondary N) is 1. The molecule has 3 N–H and O–H groups in total. The molecule has 0 radical (unpaired) electrons. The Labute approximate surface area is 335 Å². The number of halogens is 5. The van der Waals surface area contributed by atoms with E-state index < -0.39 is 23.6 Å². The maximum Gasteiger partial charge on any atom is 0.573 e. The van der Waals surface area contributed by atoms with E-state index in [1.807, 2.05) is 45.2 Å². The number of amides is 2. The molecule has 10 nitrogen and oxygen atoms in total. The average Bonchev–Trinajstić information content (AvgIpc) is 3.49. The predicted octanol–water partition coefficient (Wildman–Crippen LogP) is 8.07. The number of rotatable bonds is 11. The van der Waals surface area contributed by atoms with Crippen molar-refractivity contribution in [2.24, 2.45) is 5.73 Å². The number of carbonyl (C=O) groups is 2. The van der Waals surface area contributed by atoms with Crippen molar-refractivity contribution in [1.82, 2.24) is 24.6 Å². The third-order valence-electron chi connectivity index (χ3n) is 10.3. The fourth-order valence-electron chi connectivity index (χ4n) is 7.23. The van der Waals surface area contributed by atoms with Gasteiger partial charge in [0.25, 0.3) is 0 Å². The van der Waals surface area contributed by atoms with Crippen LogP contribution >= 0.6 is 23.2 Å². The number of alkyl halides is 3. The molecule has 0 bridgehead atoms. The van der Waals surface area contributed by atoms with Crippen LogP contribution in [0.1, 0.15) is 51.2 Å². The minimum absolute atomic E-state index is 0.251. The van der Waals surface area contributed by atoms with Crippen molar-refractivity contribution in [1.29, 1.82) is 0 Å². The molecule has 0 saturated carbocycles. The summed E-state index contributed by atoms with van der Waals surface area (Å²) >= 11 is 12.8. The highest BCUT2D eigenvalue weighted by Gasteiger charge is 2.39. The van der Waals surface area contributed by atoms with Gasteiger partial charge in [0, 0.05) is 104 Å². The summed E-state index contributed by atoms with van der Waals surface area (Å²) in [4.78, 5) is 32.0. The summed E-state index contributed by atoms with van der Waals surface area (Å²) in [5.41, 5.74) is 9.49. The Bertz CT molecular complexity index is 1980. The van der Waals surface area contributed by atoms with Gasteiger partial charge in [0.1, 0.15) is 11.4 Å². The van der Waals surface area contributed by atoms with Crippen LogP contribution in [-0.4, -0.2) is 94.6 Å². The summed E-state index contributed by atoms with van der Waals surface area (Å²) < 4.78 is 50.4. The van der Waals surface area contributed by atoms with Crippen molar-refractivity contribution < 1.29 is 32.2 Å². The number of aryl methyl sites for hydroxylation is 1. The van der Waals surface area contributed by atoms with E-state index in [1.54, 1.807) is 17.0 Å². The van der Waals surface area contributed by atoms with Gasteiger partial charge in [-0.3, -0.25) is 14.6 Å². The SMILES string of the molecule is CC(C)(C)OC(=O)N1CCC(N)(C(=O)NCCCn2cc(-c3ccc(OC(F)(F)F)cc3)c3cc(CN4CCN(Cc5c(Cl)cccc5Cl)CC4)ccc32)CC1. The van der Waals surface area contributed by atoms with Crippen LogP contribution in [0.3, 0.4) is 0 Å². The number of carbonyl (C=O) groups excluding carboxylic acids is 2. The van der Waals surface area contributed by atoms with Crippen LogP contribution in [0.25, 0.3) is 22.0 Å². The maximum atomic E-state index is 13.2. The number of hydrogen-bond donors (Lipinski definition) is 2. The Morgan fingerprint density at radius 3 is 2.11 bits per heavy atom. The van der Waals surface area contributed by atoms with Crippen molar-refractivity contribution in [2.75, 3.05) is 45.8 Å². The Morgan fingerprint density at radius 1 is 0.875 bits per heavy atom. The zero-order valence-corrected chi connectivity index (χ0v) is 33.4.